The zero-order valence-corrected chi connectivity index (χ0v) is 29.4. The third kappa shape index (κ3) is 7.48. The molecular formula is C37H32F6INO6. The molecule has 0 saturated carbocycles. The molecule has 270 valence electrons. The number of hydrogen-bond acceptors (Lipinski definition) is 6. The number of alkyl halides is 6. The van der Waals surface area contributed by atoms with Gasteiger partial charge in [-0.25, -0.2) is 4.90 Å². The standard InChI is InChI=1S/C37H32F6INO6/c1-19(10-20-11-28(44)33(46)30(12-20)49-2)8-9-29-31-21(17-50-25-6-4-3-5-7-25)13-26-32(27(31)18-51-29)35(48)45(34(26)47)24-15-22(36(38,39)40)14-23(16-24)37(41,42)43/h3-7,10-12,14-16,26-27,29,32,46H,8-9,13,17-18H2,1-2H3/b19-10+/t26-,27+,29-,32-/m1/s1. The lowest BCUT2D eigenvalue weighted by molar-refractivity contribution is -0.143. The van der Waals surface area contributed by atoms with E-state index in [2.05, 4.69) is 0 Å². The van der Waals surface area contributed by atoms with E-state index < -0.39 is 64.8 Å². The first-order valence-corrected chi connectivity index (χ1v) is 17.1. The molecule has 1 N–H and O–H groups in total. The highest BCUT2D eigenvalue weighted by atomic mass is 127. The number of aromatic hydroxyl groups is 1. The van der Waals surface area contributed by atoms with Crippen LogP contribution in [0.1, 0.15) is 42.9 Å². The number of para-hydroxylation sites is 1. The number of methoxy groups -OCH3 is 1. The molecule has 3 aromatic rings. The van der Waals surface area contributed by atoms with Gasteiger partial charge in [-0.15, -0.1) is 0 Å². The maximum Gasteiger partial charge on any atom is 0.416 e. The third-order valence-electron chi connectivity index (χ3n) is 9.48. The highest BCUT2D eigenvalue weighted by Gasteiger charge is 2.57. The van der Waals surface area contributed by atoms with E-state index in [9.17, 15) is 41.0 Å². The number of fused-ring (bicyclic) bond motifs is 3. The lowest BCUT2D eigenvalue weighted by atomic mass is 9.69. The summed E-state index contributed by atoms with van der Waals surface area (Å²) in [6.07, 6.45) is -7.77. The number of anilines is 1. The number of imide groups is 1. The number of rotatable bonds is 9. The highest BCUT2D eigenvalue weighted by Crippen LogP contribution is 2.51. The van der Waals surface area contributed by atoms with Crippen molar-refractivity contribution < 1.29 is 55.2 Å². The molecule has 51 heavy (non-hydrogen) atoms. The first kappa shape index (κ1) is 36.7. The van der Waals surface area contributed by atoms with Gasteiger partial charge in [-0.1, -0.05) is 29.8 Å². The van der Waals surface area contributed by atoms with Crippen LogP contribution >= 0.6 is 22.6 Å². The van der Waals surface area contributed by atoms with Crippen molar-refractivity contribution in [3.63, 3.8) is 0 Å². The number of benzene rings is 3. The number of allylic oxidation sites excluding steroid dienone is 1. The molecular weight excluding hydrogens is 795 g/mol. The van der Waals surface area contributed by atoms with Crippen LogP contribution in [-0.4, -0.2) is 43.3 Å². The highest BCUT2D eigenvalue weighted by molar-refractivity contribution is 14.1. The van der Waals surface area contributed by atoms with Gasteiger partial charge in [0.1, 0.15) is 12.4 Å². The predicted octanol–water partition coefficient (Wildman–Crippen LogP) is 8.83. The molecule has 2 aliphatic heterocycles. The summed E-state index contributed by atoms with van der Waals surface area (Å²) in [6, 6.07) is 13.2. The Morgan fingerprint density at radius 2 is 1.65 bits per heavy atom. The van der Waals surface area contributed by atoms with Gasteiger partial charge in [0.05, 0.1) is 52.0 Å². The molecule has 4 atom stereocenters. The summed E-state index contributed by atoms with van der Waals surface area (Å²) in [5, 5.41) is 10.2. The van der Waals surface area contributed by atoms with E-state index in [0.29, 0.717) is 50.5 Å². The van der Waals surface area contributed by atoms with Crippen LogP contribution in [0.25, 0.3) is 6.08 Å². The molecule has 2 amide bonds. The average molecular weight is 828 g/mol. The number of phenolic OH excluding ortho intramolecular Hbond substituents is 1. The normalized spacial score (nSPS) is 22.4. The van der Waals surface area contributed by atoms with Crippen molar-refractivity contribution in [2.45, 2.75) is 44.6 Å². The molecule has 0 spiro atoms. The van der Waals surface area contributed by atoms with Gasteiger partial charge < -0.3 is 19.3 Å². The summed E-state index contributed by atoms with van der Waals surface area (Å²) in [7, 11) is 1.46. The maximum absolute atomic E-state index is 14.0. The summed E-state index contributed by atoms with van der Waals surface area (Å²) < 4.78 is 100. The molecule has 2 saturated heterocycles. The summed E-state index contributed by atoms with van der Waals surface area (Å²) >= 11 is 2.01. The minimum atomic E-state index is -5.16. The lowest BCUT2D eigenvalue weighted by Crippen LogP contribution is -2.35. The monoisotopic (exact) mass is 827 g/mol. The van der Waals surface area contributed by atoms with Crippen LogP contribution < -0.4 is 14.4 Å². The molecule has 3 aliphatic rings. The second-order valence-electron chi connectivity index (χ2n) is 12.8. The number of hydrogen-bond donors (Lipinski definition) is 1. The number of ether oxygens (including phenoxy) is 3. The minimum Gasteiger partial charge on any atom is -0.504 e. The molecule has 7 nitrogen and oxygen atoms in total. The van der Waals surface area contributed by atoms with Gasteiger partial charge in [0.15, 0.2) is 11.5 Å². The number of halogens is 7. The first-order chi connectivity index (χ1) is 24.1. The van der Waals surface area contributed by atoms with Crippen LogP contribution in [-0.2, 0) is 26.7 Å². The van der Waals surface area contributed by atoms with Crippen LogP contribution in [0.4, 0.5) is 32.0 Å². The lowest BCUT2D eigenvalue weighted by Gasteiger charge is -2.31. The Hall–Kier alpha value is -4.05. The molecule has 14 heteroatoms. The number of nitrogens with zero attached hydrogens (tertiary/aromatic N) is 1. The second kappa shape index (κ2) is 14.2. The van der Waals surface area contributed by atoms with Crippen molar-refractivity contribution in [2.75, 3.05) is 25.2 Å². The minimum absolute atomic E-state index is 0.0237. The predicted molar refractivity (Wildman–Crippen MR) is 183 cm³/mol. The SMILES string of the molecule is COc1cc(/C=C(\C)CC[C@H]2OC[C@H]3C2=C(COc2ccccc2)C[C@H]2C(=O)N(c4cc(C(F)(F)F)cc(C(F)(F)F)c4)C(=O)[C@H]23)cc(I)c1O. The molecule has 3 aromatic carbocycles. The van der Waals surface area contributed by atoms with Crippen molar-refractivity contribution >= 4 is 46.2 Å². The van der Waals surface area contributed by atoms with Crippen LogP contribution in [0, 0.1) is 21.3 Å². The second-order valence-corrected chi connectivity index (χ2v) is 13.9. The van der Waals surface area contributed by atoms with Gasteiger partial charge in [0, 0.05) is 5.92 Å². The summed E-state index contributed by atoms with van der Waals surface area (Å²) in [5.74, 6) is -3.50. The van der Waals surface area contributed by atoms with Crippen molar-refractivity contribution in [1.82, 2.24) is 0 Å². The van der Waals surface area contributed by atoms with Gasteiger partial charge in [-0.3, -0.25) is 9.59 Å². The Morgan fingerprint density at radius 1 is 0.980 bits per heavy atom. The Morgan fingerprint density at radius 3 is 2.27 bits per heavy atom. The molecule has 2 fully saturated rings. The number of phenols is 1. The van der Waals surface area contributed by atoms with E-state index in [4.69, 9.17) is 14.2 Å². The van der Waals surface area contributed by atoms with Crippen molar-refractivity contribution in [2.24, 2.45) is 17.8 Å². The molecule has 0 radical (unpaired) electrons. The third-order valence-corrected chi connectivity index (χ3v) is 10.3. The van der Waals surface area contributed by atoms with Crippen molar-refractivity contribution in [3.05, 3.63) is 97.6 Å². The Balaban J connectivity index is 1.31. The summed E-state index contributed by atoms with van der Waals surface area (Å²) in [5.41, 5.74) is -0.753. The van der Waals surface area contributed by atoms with E-state index >= 15 is 0 Å². The summed E-state index contributed by atoms with van der Waals surface area (Å²) in [4.78, 5) is 28.3. The molecule has 6 rings (SSSR count). The maximum atomic E-state index is 14.0. The van der Waals surface area contributed by atoms with Gasteiger partial charge >= 0.3 is 12.4 Å². The van der Waals surface area contributed by atoms with Crippen LogP contribution in [0.15, 0.2) is 77.4 Å². The fourth-order valence-corrected chi connectivity index (χ4v) is 7.79. The Kier molecular flexibility index (Phi) is 10.2. The number of carbonyl (C=O) groups excluding carboxylic acids is 2. The number of carbonyl (C=O) groups is 2. The van der Waals surface area contributed by atoms with E-state index in [1.54, 1.807) is 30.3 Å². The zero-order valence-electron chi connectivity index (χ0n) is 27.3. The van der Waals surface area contributed by atoms with Gasteiger partial charge in [-0.2, -0.15) is 26.3 Å². The smallest absolute Gasteiger partial charge is 0.416 e. The van der Waals surface area contributed by atoms with Gasteiger partial charge in [-0.05, 0) is 108 Å². The van der Waals surface area contributed by atoms with Crippen LogP contribution in [0.5, 0.6) is 17.2 Å². The average Bonchev–Trinajstić information content (AvgIpc) is 3.61. The Labute approximate surface area is 303 Å². The summed E-state index contributed by atoms with van der Waals surface area (Å²) in [6.45, 7) is 2.02. The molecule has 2 heterocycles. The van der Waals surface area contributed by atoms with Crippen molar-refractivity contribution in [3.8, 4) is 17.2 Å². The fourth-order valence-electron chi connectivity index (χ4n) is 7.16. The van der Waals surface area contributed by atoms with Gasteiger partial charge in [0.2, 0.25) is 11.8 Å². The largest absolute Gasteiger partial charge is 0.504 e. The molecule has 0 aromatic heterocycles. The number of amides is 2. The van der Waals surface area contributed by atoms with Gasteiger partial charge in [0.25, 0.3) is 0 Å². The quantitative estimate of drug-likeness (QED) is 0.101. The molecule has 0 unspecified atom stereocenters. The fraction of sp³-hybridized carbons (Fsp3) is 0.351. The van der Waals surface area contributed by atoms with Crippen LogP contribution in [0.3, 0.4) is 0 Å². The topological polar surface area (TPSA) is 85.3 Å². The van der Waals surface area contributed by atoms with E-state index in [1.807, 2.05) is 47.7 Å². The Bertz CT molecular complexity index is 1880. The first-order valence-electron chi connectivity index (χ1n) is 16.0. The van der Waals surface area contributed by atoms with E-state index in [0.717, 1.165) is 16.7 Å². The van der Waals surface area contributed by atoms with Crippen molar-refractivity contribution in [1.29, 1.82) is 0 Å². The zero-order chi connectivity index (χ0) is 36.8. The molecule has 1 aliphatic carbocycles. The van der Waals surface area contributed by atoms with E-state index in [-0.39, 0.29) is 31.5 Å². The molecule has 0 bridgehead atoms. The van der Waals surface area contributed by atoms with E-state index in [1.165, 1.54) is 7.11 Å². The van der Waals surface area contributed by atoms with Crippen LogP contribution in [0.2, 0.25) is 0 Å².